The van der Waals surface area contributed by atoms with E-state index in [-0.39, 0.29) is 5.91 Å². The Morgan fingerprint density at radius 2 is 2.39 bits per heavy atom. The van der Waals surface area contributed by atoms with Crippen LogP contribution in [-0.4, -0.2) is 34.0 Å². The van der Waals surface area contributed by atoms with Crippen LogP contribution in [0.4, 0.5) is 5.69 Å². The van der Waals surface area contributed by atoms with Crippen LogP contribution in [-0.2, 0) is 6.54 Å². The highest BCUT2D eigenvalue weighted by Gasteiger charge is 2.15. The first-order valence-electron chi connectivity index (χ1n) is 5.62. The number of amides is 1. The topological polar surface area (TPSA) is 77.0 Å². The quantitative estimate of drug-likeness (QED) is 0.851. The first-order chi connectivity index (χ1) is 8.72. The summed E-state index contributed by atoms with van der Waals surface area (Å²) in [6, 6.07) is 3.61. The van der Waals surface area contributed by atoms with Gasteiger partial charge in [0.15, 0.2) is 0 Å². The van der Waals surface area contributed by atoms with Gasteiger partial charge in [0.2, 0.25) is 0 Å². The molecule has 2 aromatic rings. The minimum absolute atomic E-state index is 0.168. The number of nitrogens with two attached hydrogens (primary N) is 1. The lowest BCUT2D eigenvalue weighted by atomic mass is 10.3. The van der Waals surface area contributed by atoms with Crippen LogP contribution in [0.5, 0.6) is 0 Å². The normalized spacial score (nSPS) is 10.3. The van der Waals surface area contributed by atoms with Crippen LogP contribution < -0.4 is 10.6 Å². The zero-order chi connectivity index (χ0) is 13.0. The summed E-state index contributed by atoms with van der Waals surface area (Å²) in [7, 11) is 1.70. The summed E-state index contributed by atoms with van der Waals surface area (Å²) in [5, 5.41) is 0. The van der Waals surface area contributed by atoms with Crippen molar-refractivity contribution in [3.63, 3.8) is 0 Å². The molecule has 6 heteroatoms. The van der Waals surface area contributed by atoms with E-state index in [0.29, 0.717) is 18.8 Å². The molecule has 0 spiro atoms. The van der Waals surface area contributed by atoms with E-state index in [1.54, 1.807) is 42.6 Å². The maximum Gasteiger partial charge on any atom is 0.278 e. The Morgan fingerprint density at radius 3 is 3.06 bits per heavy atom. The average Bonchev–Trinajstić information content (AvgIpc) is 2.87. The third-order valence-corrected chi connectivity index (χ3v) is 2.58. The highest BCUT2D eigenvalue weighted by molar-refractivity contribution is 6.04. The Bertz CT molecular complexity index is 522. The first-order valence-corrected chi connectivity index (χ1v) is 5.62. The number of aromatic nitrogens is 3. The first kappa shape index (κ1) is 12.3. The molecule has 2 heterocycles. The van der Waals surface area contributed by atoms with Crippen LogP contribution >= 0.6 is 0 Å². The van der Waals surface area contributed by atoms with Crippen LogP contribution in [0.25, 0.3) is 0 Å². The molecule has 2 N–H and O–H groups in total. The van der Waals surface area contributed by atoms with Crippen LogP contribution in [0.15, 0.2) is 37.1 Å². The van der Waals surface area contributed by atoms with Gasteiger partial charge in [-0.15, -0.1) is 0 Å². The van der Waals surface area contributed by atoms with Crippen molar-refractivity contribution in [1.82, 2.24) is 14.5 Å². The van der Waals surface area contributed by atoms with Gasteiger partial charge in [-0.05, 0) is 12.1 Å². The van der Waals surface area contributed by atoms with Gasteiger partial charge in [0.25, 0.3) is 5.91 Å². The Labute approximate surface area is 105 Å². The van der Waals surface area contributed by atoms with E-state index in [4.69, 9.17) is 5.73 Å². The van der Waals surface area contributed by atoms with E-state index in [1.165, 1.54) is 4.90 Å². The fourth-order valence-electron chi connectivity index (χ4n) is 1.58. The van der Waals surface area contributed by atoms with Gasteiger partial charge in [-0.3, -0.25) is 9.78 Å². The van der Waals surface area contributed by atoms with Crippen molar-refractivity contribution in [1.29, 1.82) is 0 Å². The summed E-state index contributed by atoms with van der Waals surface area (Å²) < 4.78 is 1.80. The van der Waals surface area contributed by atoms with Crippen molar-refractivity contribution >= 4 is 11.6 Å². The van der Waals surface area contributed by atoms with Crippen LogP contribution in [0.2, 0.25) is 0 Å². The lowest BCUT2D eigenvalue weighted by Crippen LogP contribution is -2.26. The molecule has 0 unspecified atom stereocenters. The van der Waals surface area contributed by atoms with Gasteiger partial charge in [-0.2, -0.15) is 0 Å². The Hall–Kier alpha value is -2.21. The Morgan fingerprint density at radius 1 is 1.56 bits per heavy atom. The lowest BCUT2D eigenvalue weighted by Gasteiger charge is -2.14. The van der Waals surface area contributed by atoms with Crippen LogP contribution in [0.1, 0.15) is 10.5 Å². The molecule has 94 valence electrons. The summed E-state index contributed by atoms with van der Waals surface area (Å²) in [4.78, 5) is 21.7. The molecule has 0 atom stereocenters. The Kier molecular flexibility index (Phi) is 3.69. The van der Waals surface area contributed by atoms with Crippen molar-refractivity contribution in [3.05, 3.63) is 42.7 Å². The maximum atomic E-state index is 12.2. The van der Waals surface area contributed by atoms with E-state index >= 15 is 0 Å². The molecule has 0 saturated heterocycles. The minimum Gasteiger partial charge on any atom is -0.335 e. The smallest absolute Gasteiger partial charge is 0.278 e. The molecule has 0 aromatic carbocycles. The van der Waals surface area contributed by atoms with Gasteiger partial charge >= 0.3 is 0 Å². The second kappa shape index (κ2) is 5.42. The van der Waals surface area contributed by atoms with Crippen molar-refractivity contribution in [2.75, 3.05) is 18.5 Å². The molecule has 0 bridgehead atoms. The summed E-state index contributed by atoms with van der Waals surface area (Å²) in [5.74, 6) is -0.168. The van der Waals surface area contributed by atoms with Gasteiger partial charge in [-0.1, -0.05) is 0 Å². The number of carbonyl (C=O) groups excluding carboxylic acids is 1. The van der Waals surface area contributed by atoms with E-state index < -0.39 is 0 Å². The van der Waals surface area contributed by atoms with Gasteiger partial charge in [0, 0.05) is 32.5 Å². The number of carbonyl (C=O) groups is 1. The number of imidazole rings is 1. The monoisotopic (exact) mass is 245 g/mol. The van der Waals surface area contributed by atoms with E-state index in [1.807, 2.05) is 6.07 Å². The van der Waals surface area contributed by atoms with Gasteiger partial charge in [0.1, 0.15) is 5.69 Å². The number of pyridine rings is 1. The number of hydrogen-bond donors (Lipinski definition) is 1. The Balaban J connectivity index is 2.15. The van der Waals surface area contributed by atoms with Crippen molar-refractivity contribution < 1.29 is 4.79 Å². The average molecular weight is 245 g/mol. The molecular weight excluding hydrogens is 230 g/mol. The highest BCUT2D eigenvalue weighted by atomic mass is 16.2. The van der Waals surface area contributed by atoms with E-state index in [9.17, 15) is 4.79 Å². The standard InChI is InChI=1S/C12H15N5O/c1-16(10-3-2-5-14-7-10)12(18)11-8-17(6-4-13)9-15-11/h2-3,5,7-9H,4,6,13H2,1H3. The second-order valence-electron chi connectivity index (χ2n) is 3.86. The molecule has 6 nitrogen and oxygen atoms in total. The van der Waals surface area contributed by atoms with Crippen molar-refractivity contribution in [3.8, 4) is 0 Å². The number of rotatable bonds is 4. The molecule has 0 saturated carbocycles. The third kappa shape index (κ3) is 2.54. The molecular formula is C12H15N5O. The van der Waals surface area contributed by atoms with Gasteiger partial charge < -0.3 is 15.2 Å². The van der Waals surface area contributed by atoms with Gasteiger partial charge in [0.05, 0.1) is 18.2 Å². The van der Waals surface area contributed by atoms with Crippen molar-refractivity contribution in [2.24, 2.45) is 5.73 Å². The molecule has 0 fully saturated rings. The maximum absolute atomic E-state index is 12.2. The molecule has 0 aliphatic heterocycles. The molecule has 18 heavy (non-hydrogen) atoms. The number of nitrogens with zero attached hydrogens (tertiary/aromatic N) is 4. The fourth-order valence-corrected chi connectivity index (χ4v) is 1.58. The molecule has 1 amide bonds. The zero-order valence-electron chi connectivity index (χ0n) is 10.2. The van der Waals surface area contributed by atoms with E-state index in [2.05, 4.69) is 9.97 Å². The van der Waals surface area contributed by atoms with Crippen LogP contribution in [0, 0.1) is 0 Å². The van der Waals surface area contributed by atoms with E-state index in [0.717, 1.165) is 5.69 Å². The predicted molar refractivity (Wildman–Crippen MR) is 68.3 cm³/mol. The fraction of sp³-hybridized carbons (Fsp3) is 0.250. The zero-order valence-corrected chi connectivity index (χ0v) is 10.2. The van der Waals surface area contributed by atoms with Gasteiger partial charge in [-0.25, -0.2) is 4.98 Å². The van der Waals surface area contributed by atoms with Crippen molar-refractivity contribution in [2.45, 2.75) is 6.54 Å². The highest BCUT2D eigenvalue weighted by Crippen LogP contribution is 2.12. The summed E-state index contributed by atoms with van der Waals surface area (Å²) in [5.41, 5.74) is 6.57. The molecule has 0 aliphatic rings. The van der Waals surface area contributed by atoms with Crippen LogP contribution in [0.3, 0.4) is 0 Å². The number of hydrogen-bond acceptors (Lipinski definition) is 4. The lowest BCUT2D eigenvalue weighted by molar-refractivity contribution is 0.0988. The summed E-state index contributed by atoms with van der Waals surface area (Å²) >= 11 is 0. The largest absolute Gasteiger partial charge is 0.335 e. The number of anilines is 1. The molecule has 0 radical (unpaired) electrons. The third-order valence-electron chi connectivity index (χ3n) is 2.58. The minimum atomic E-state index is -0.168. The molecule has 2 rings (SSSR count). The summed E-state index contributed by atoms with van der Waals surface area (Å²) in [6.07, 6.45) is 6.60. The predicted octanol–water partition coefficient (Wildman–Crippen LogP) is 0.513. The summed E-state index contributed by atoms with van der Waals surface area (Å²) in [6.45, 7) is 1.17. The second-order valence-corrected chi connectivity index (χ2v) is 3.86. The molecule has 2 aromatic heterocycles. The SMILES string of the molecule is CN(C(=O)c1cn(CCN)cn1)c1cccnc1. The molecule has 0 aliphatic carbocycles.